The number of piperidine rings is 1. The van der Waals surface area contributed by atoms with Gasteiger partial charge in [-0.15, -0.1) is 0 Å². The van der Waals surface area contributed by atoms with Crippen molar-refractivity contribution in [3.05, 3.63) is 24.0 Å². The van der Waals surface area contributed by atoms with Crippen molar-refractivity contribution < 1.29 is 4.74 Å². The normalized spacial score (nSPS) is 17.5. The smallest absolute Gasteiger partial charge is 0.137 e. The van der Waals surface area contributed by atoms with E-state index in [0.717, 1.165) is 24.5 Å². The highest BCUT2D eigenvalue weighted by Crippen LogP contribution is 2.32. The van der Waals surface area contributed by atoms with Crippen molar-refractivity contribution in [2.75, 3.05) is 20.2 Å². The quantitative estimate of drug-likeness (QED) is 0.831. The summed E-state index contributed by atoms with van der Waals surface area (Å²) in [6.07, 6.45) is 6.26. The SMILES string of the molecule is COc1cnc2[nH]cc(C3CCNCC3)c2c1. The minimum atomic E-state index is 0.638. The van der Waals surface area contributed by atoms with Gasteiger partial charge in [0.05, 0.1) is 13.3 Å². The molecule has 2 aromatic heterocycles. The fourth-order valence-electron chi connectivity index (χ4n) is 2.59. The highest BCUT2D eigenvalue weighted by Gasteiger charge is 2.19. The molecule has 3 rings (SSSR count). The van der Waals surface area contributed by atoms with E-state index in [4.69, 9.17) is 4.74 Å². The second-order valence-corrected chi connectivity index (χ2v) is 4.54. The van der Waals surface area contributed by atoms with Crippen LogP contribution in [0, 0.1) is 0 Å². The molecular weight excluding hydrogens is 214 g/mol. The Bertz CT molecular complexity index is 514. The molecule has 0 saturated carbocycles. The lowest BCUT2D eigenvalue weighted by atomic mass is 9.90. The van der Waals surface area contributed by atoms with Crippen molar-refractivity contribution in [2.24, 2.45) is 0 Å². The van der Waals surface area contributed by atoms with E-state index in [1.807, 2.05) is 0 Å². The molecule has 0 radical (unpaired) electrons. The van der Waals surface area contributed by atoms with Crippen molar-refractivity contribution in [2.45, 2.75) is 18.8 Å². The Hall–Kier alpha value is -1.55. The monoisotopic (exact) mass is 231 g/mol. The Balaban J connectivity index is 2.02. The van der Waals surface area contributed by atoms with Gasteiger partial charge in [-0.2, -0.15) is 0 Å². The molecule has 0 bridgehead atoms. The number of aromatic amines is 1. The summed E-state index contributed by atoms with van der Waals surface area (Å²) in [5.74, 6) is 1.46. The van der Waals surface area contributed by atoms with Crippen LogP contribution in [0.4, 0.5) is 0 Å². The predicted octanol–water partition coefficient (Wildman–Crippen LogP) is 2.04. The molecule has 17 heavy (non-hydrogen) atoms. The van der Waals surface area contributed by atoms with Crippen molar-refractivity contribution in [3.8, 4) is 5.75 Å². The van der Waals surface area contributed by atoms with Gasteiger partial charge in [0.15, 0.2) is 0 Å². The number of hydrogen-bond acceptors (Lipinski definition) is 3. The van der Waals surface area contributed by atoms with Gasteiger partial charge in [-0.05, 0) is 43.5 Å². The van der Waals surface area contributed by atoms with E-state index in [1.54, 1.807) is 13.3 Å². The van der Waals surface area contributed by atoms with E-state index in [9.17, 15) is 0 Å². The molecule has 2 N–H and O–H groups in total. The van der Waals surface area contributed by atoms with Crippen molar-refractivity contribution >= 4 is 11.0 Å². The molecule has 1 saturated heterocycles. The zero-order valence-electron chi connectivity index (χ0n) is 9.99. The zero-order chi connectivity index (χ0) is 11.7. The second kappa shape index (κ2) is 4.37. The molecule has 0 aromatic carbocycles. The molecule has 0 spiro atoms. The first-order valence-corrected chi connectivity index (χ1v) is 6.10. The van der Waals surface area contributed by atoms with Crippen LogP contribution in [0.5, 0.6) is 5.75 Å². The van der Waals surface area contributed by atoms with E-state index >= 15 is 0 Å². The molecule has 0 unspecified atom stereocenters. The van der Waals surface area contributed by atoms with Crippen LogP contribution in [0.25, 0.3) is 11.0 Å². The molecule has 4 heteroatoms. The van der Waals surface area contributed by atoms with E-state index in [1.165, 1.54) is 23.8 Å². The van der Waals surface area contributed by atoms with Crippen LogP contribution in [0.1, 0.15) is 24.3 Å². The summed E-state index contributed by atoms with van der Waals surface area (Å²) in [4.78, 5) is 7.62. The van der Waals surface area contributed by atoms with Gasteiger partial charge in [0, 0.05) is 11.6 Å². The number of ether oxygens (including phenoxy) is 1. The maximum atomic E-state index is 5.25. The zero-order valence-corrected chi connectivity index (χ0v) is 9.99. The summed E-state index contributed by atoms with van der Waals surface area (Å²) in [7, 11) is 1.68. The second-order valence-electron chi connectivity index (χ2n) is 4.54. The number of nitrogens with zero attached hydrogens (tertiary/aromatic N) is 1. The molecule has 2 aromatic rings. The minimum Gasteiger partial charge on any atom is -0.495 e. The number of nitrogens with one attached hydrogen (secondary N) is 2. The molecule has 90 valence electrons. The minimum absolute atomic E-state index is 0.638. The lowest BCUT2D eigenvalue weighted by Crippen LogP contribution is -2.26. The maximum Gasteiger partial charge on any atom is 0.137 e. The number of fused-ring (bicyclic) bond motifs is 1. The summed E-state index contributed by atoms with van der Waals surface area (Å²) < 4.78 is 5.25. The first-order valence-electron chi connectivity index (χ1n) is 6.10. The fourth-order valence-corrected chi connectivity index (χ4v) is 2.59. The third kappa shape index (κ3) is 1.89. The topological polar surface area (TPSA) is 49.9 Å². The van der Waals surface area contributed by atoms with Crippen molar-refractivity contribution in [1.82, 2.24) is 15.3 Å². The fraction of sp³-hybridized carbons (Fsp3) is 0.462. The third-order valence-corrected chi connectivity index (χ3v) is 3.55. The number of H-pyrrole nitrogens is 1. The molecule has 0 amide bonds. The van der Waals surface area contributed by atoms with Gasteiger partial charge < -0.3 is 15.0 Å². The van der Waals surface area contributed by atoms with Crippen LogP contribution in [0.2, 0.25) is 0 Å². The van der Waals surface area contributed by atoms with Gasteiger partial charge in [0.25, 0.3) is 0 Å². The molecular formula is C13H17N3O. The predicted molar refractivity (Wildman–Crippen MR) is 67.5 cm³/mol. The van der Waals surface area contributed by atoms with Crippen LogP contribution >= 0.6 is 0 Å². The Morgan fingerprint density at radius 3 is 2.94 bits per heavy atom. The average molecular weight is 231 g/mol. The van der Waals surface area contributed by atoms with Crippen LogP contribution in [-0.4, -0.2) is 30.2 Å². The number of pyridine rings is 1. The average Bonchev–Trinajstić information content (AvgIpc) is 2.82. The Labute approximate surface area is 100 Å². The highest BCUT2D eigenvalue weighted by molar-refractivity contribution is 5.81. The van der Waals surface area contributed by atoms with E-state index in [2.05, 4.69) is 27.5 Å². The Morgan fingerprint density at radius 1 is 1.35 bits per heavy atom. The molecule has 1 fully saturated rings. The van der Waals surface area contributed by atoms with Gasteiger partial charge in [-0.1, -0.05) is 0 Å². The number of hydrogen-bond donors (Lipinski definition) is 2. The van der Waals surface area contributed by atoms with Crippen LogP contribution < -0.4 is 10.1 Å². The largest absolute Gasteiger partial charge is 0.495 e. The molecule has 3 heterocycles. The van der Waals surface area contributed by atoms with E-state index in [0.29, 0.717) is 5.92 Å². The summed E-state index contributed by atoms with van der Waals surface area (Å²) in [6, 6.07) is 2.08. The van der Waals surface area contributed by atoms with Crippen LogP contribution in [-0.2, 0) is 0 Å². The maximum absolute atomic E-state index is 5.25. The van der Waals surface area contributed by atoms with Crippen molar-refractivity contribution in [1.29, 1.82) is 0 Å². The lowest BCUT2D eigenvalue weighted by Gasteiger charge is -2.22. The number of aromatic nitrogens is 2. The molecule has 4 nitrogen and oxygen atoms in total. The van der Waals surface area contributed by atoms with E-state index < -0.39 is 0 Å². The van der Waals surface area contributed by atoms with Crippen molar-refractivity contribution in [3.63, 3.8) is 0 Å². The summed E-state index contributed by atoms with van der Waals surface area (Å²) >= 11 is 0. The van der Waals surface area contributed by atoms with Gasteiger partial charge in [0.2, 0.25) is 0 Å². The lowest BCUT2D eigenvalue weighted by molar-refractivity contribution is 0.413. The Kier molecular flexibility index (Phi) is 2.73. The number of methoxy groups -OCH3 is 1. The van der Waals surface area contributed by atoms with Gasteiger partial charge in [-0.25, -0.2) is 4.98 Å². The highest BCUT2D eigenvalue weighted by atomic mass is 16.5. The summed E-state index contributed by atoms with van der Waals surface area (Å²) in [6.45, 7) is 2.21. The first kappa shape index (κ1) is 10.6. The Morgan fingerprint density at radius 2 is 2.18 bits per heavy atom. The summed E-state index contributed by atoms with van der Waals surface area (Å²) in [5.41, 5.74) is 2.34. The van der Waals surface area contributed by atoms with E-state index in [-0.39, 0.29) is 0 Å². The molecule has 0 aliphatic carbocycles. The first-order chi connectivity index (χ1) is 8.38. The van der Waals surface area contributed by atoms with Gasteiger partial charge >= 0.3 is 0 Å². The standard InChI is InChI=1S/C13H17N3O/c1-17-10-6-11-12(8-16-13(11)15-7-10)9-2-4-14-5-3-9/h6-9,14H,2-5H2,1H3,(H,15,16). The van der Waals surface area contributed by atoms with Crippen LogP contribution in [0.3, 0.4) is 0 Å². The summed E-state index contributed by atoms with van der Waals surface area (Å²) in [5, 5.41) is 4.60. The molecule has 1 aliphatic rings. The van der Waals surface area contributed by atoms with Gasteiger partial charge in [-0.3, -0.25) is 0 Å². The van der Waals surface area contributed by atoms with Gasteiger partial charge in [0.1, 0.15) is 11.4 Å². The molecule has 0 atom stereocenters. The third-order valence-electron chi connectivity index (χ3n) is 3.55. The molecule has 1 aliphatic heterocycles. The van der Waals surface area contributed by atoms with Crippen LogP contribution in [0.15, 0.2) is 18.5 Å². The number of rotatable bonds is 2.